The number of aromatic nitrogens is 1. The van der Waals surface area contributed by atoms with Crippen molar-refractivity contribution in [3.8, 4) is 5.75 Å². The topological polar surface area (TPSA) is 81.4 Å². The van der Waals surface area contributed by atoms with E-state index in [4.69, 9.17) is 9.26 Å². The predicted octanol–water partition coefficient (Wildman–Crippen LogP) is 2.27. The molecule has 0 aliphatic heterocycles. The zero-order valence-corrected chi connectivity index (χ0v) is 13.5. The largest absolute Gasteiger partial charge is 0.495 e. The van der Waals surface area contributed by atoms with Gasteiger partial charge in [-0.15, -0.1) is 0 Å². The fourth-order valence-electron chi connectivity index (χ4n) is 1.85. The van der Waals surface area contributed by atoms with Crippen LogP contribution in [-0.2, 0) is 21.3 Å². The van der Waals surface area contributed by atoms with Crippen LogP contribution in [0.5, 0.6) is 5.75 Å². The van der Waals surface area contributed by atoms with Gasteiger partial charge in [-0.05, 0) is 26.0 Å². The zero-order chi connectivity index (χ0) is 16.1. The van der Waals surface area contributed by atoms with Gasteiger partial charge in [0, 0.05) is 16.9 Å². The molecule has 0 radical (unpaired) electrons. The highest BCUT2D eigenvalue weighted by atomic mass is 32.2. The van der Waals surface area contributed by atoms with Gasteiger partial charge < -0.3 is 14.6 Å². The first-order valence-corrected chi connectivity index (χ1v) is 8.12. The fraction of sp³-hybridized carbons (Fsp3) is 0.333. The number of rotatable bonds is 6. The number of benzene rings is 1. The van der Waals surface area contributed by atoms with E-state index in [0.29, 0.717) is 17.2 Å². The standard InChI is InChI=1S/C15H18N2O4S/c1-10-8-12(21-17-10)9-22(19)11(2)15(18)16-13-6-4-5-7-14(13)20-3/h4-8,11H,9H2,1-3H3,(H,16,18)/t11-,22+/m1/s1. The van der Waals surface area contributed by atoms with Crippen molar-refractivity contribution in [3.63, 3.8) is 0 Å². The van der Waals surface area contributed by atoms with Crippen LogP contribution in [0.4, 0.5) is 5.69 Å². The van der Waals surface area contributed by atoms with E-state index in [-0.39, 0.29) is 11.7 Å². The van der Waals surface area contributed by atoms with Gasteiger partial charge in [0.15, 0.2) is 0 Å². The summed E-state index contributed by atoms with van der Waals surface area (Å²) >= 11 is 0. The number of aryl methyl sites for hydroxylation is 1. The number of nitrogens with one attached hydrogen (secondary N) is 1. The van der Waals surface area contributed by atoms with Gasteiger partial charge >= 0.3 is 0 Å². The normalized spacial score (nSPS) is 13.4. The Labute approximate surface area is 131 Å². The van der Waals surface area contributed by atoms with E-state index in [1.807, 2.05) is 6.07 Å². The Morgan fingerprint density at radius 3 is 2.82 bits per heavy atom. The van der Waals surface area contributed by atoms with Gasteiger partial charge in [-0.3, -0.25) is 9.00 Å². The molecule has 1 N–H and O–H groups in total. The Morgan fingerprint density at radius 2 is 2.18 bits per heavy atom. The van der Waals surface area contributed by atoms with Crippen LogP contribution < -0.4 is 10.1 Å². The van der Waals surface area contributed by atoms with Crippen LogP contribution in [0.3, 0.4) is 0 Å². The summed E-state index contributed by atoms with van der Waals surface area (Å²) in [4.78, 5) is 12.2. The van der Waals surface area contributed by atoms with E-state index >= 15 is 0 Å². The van der Waals surface area contributed by atoms with E-state index in [1.165, 1.54) is 7.11 Å². The molecule has 6 nitrogen and oxygen atoms in total. The highest BCUT2D eigenvalue weighted by molar-refractivity contribution is 7.85. The third kappa shape index (κ3) is 3.94. The molecule has 1 aromatic heterocycles. The minimum atomic E-state index is -1.40. The predicted molar refractivity (Wildman–Crippen MR) is 84.2 cm³/mol. The smallest absolute Gasteiger partial charge is 0.239 e. The zero-order valence-electron chi connectivity index (χ0n) is 12.7. The van der Waals surface area contributed by atoms with Gasteiger partial charge in [0.1, 0.15) is 16.8 Å². The van der Waals surface area contributed by atoms with Crippen LogP contribution in [0.1, 0.15) is 18.4 Å². The minimum absolute atomic E-state index is 0.154. The van der Waals surface area contributed by atoms with Crippen molar-refractivity contribution in [2.24, 2.45) is 0 Å². The van der Waals surface area contributed by atoms with Crippen molar-refractivity contribution in [2.75, 3.05) is 12.4 Å². The van der Waals surface area contributed by atoms with Crippen molar-refractivity contribution in [1.82, 2.24) is 5.16 Å². The Kier molecular flexibility index (Phi) is 5.32. The van der Waals surface area contributed by atoms with E-state index < -0.39 is 16.0 Å². The molecule has 1 aromatic carbocycles. The molecular formula is C15H18N2O4S. The molecule has 1 heterocycles. The summed E-state index contributed by atoms with van der Waals surface area (Å²) in [6.07, 6.45) is 0. The molecule has 0 spiro atoms. The second-order valence-electron chi connectivity index (χ2n) is 4.79. The molecule has 0 aliphatic carbocycles. The summed E-state index contributed by atoms with van der Waals surface area (Å²) in [7, 11) is 0.125. The summed E-state index contributed by atoms with van der Waals surface area (Å²) in [5.74, 6) is 0.882. The third-order valence-corrected chi connectivity index (χ3v) is 4.66. The molecule has 2 atom stereocenters. The van der Waals surface area contributed by atoms with Crippen LogP contribution in [0.2, 0.25) is 0 Å². The van der Waals surface area contributed by atoms with E-state index in [0.717, 1.165) is 5.69 Å². The lowest BCUT2D eigenvalue weighted by Gasteiger charge is -2.13. The van der Waals surface area contributed by atoms with Crippen LogP contribution in [0, 0.1) is 6.92 Å². The Bertz CT molecular complexity index is 684. The molecule has 2 aromatic rings. The first-order chi connectivity index (χ1) is 10.5. The van der Waals surface area contributed by atoms with Crippen molar-refractivity contribution >= 4 is 22.4 Å². The van der Waals surface area contributed by atoms with E-state index in [9.17, 15) is 9.00 Å². The lowest BCUT2D eigenvalue weighted by Crippen LogP contribution is -2.29. The number of para-hydroxylation sites is 2. The molecule has 0 bridgehead atoms. The lowest BCUT2D eigenvalue weighted by molar-refractivity contribution is -0.115. The van der Waals surface area contributed by atoms with Crippen LogP contribution in [0.25, 0.3) is 0 Å². The maximum absolute atomic E-state index is 12.2. The monoisotopic (exact) mass is 322 g/mol. The van der Waals surface area contributed by atoms with Crippen LogP contribution >= 0.6 is 0 Å². The number of hydrogen-bond donors (Lipinski definition) is 1. The maximum atomic E-state index is 12.2. The van der Waals surface area contributed by atoms with E-state index in [1.54, 1.807) is 38.1 Å². The van der Waals surface area contributed by atoms with Crippen LogP contribution in [0.15, 0.2) is 34.9 Å². The highest BCUT2D eigenvalue weighted by Crippen LogP contribution is 2.23. The van der Waals surface area contributed by atoms with Gasteiger partial charge in [-0.1, -0.05) is 17.3 Å². The molecule has 118 valence electrons. The summed E-state index contributed by atoms with van der Waals surface area (Å²) in [5.41, 5.74) is 1.27. The number of ether oxygens (including phenoxy) is 1. The Hall–Kier alpha value is -2.15. The Balaban J connectivity index is 2.00. The van der Waals surface area contributed by atoms with Gasteiger partial charge in [0.2, 0.25) is 5.91 Å². The van der Waals surface area contributed by atoms with Gasteiger partial charge in [-0.2, -0.15) is 0 Å². The first-order valence-electron chi connectivity index (χ1n) is 6.74. The number of nitrogens with zero attached hydrogens (tertiary/aromatic N) is 1. The first kappa shape index (κ1) is 16.2. The number of methoxy groups -OCH3 is 1. The average molecular weight is 322 g/mol. The van der Waals surface area contributed by atoms with Gasteiger partial charge in [-0.25, -0.2) is 0 Å². The van der Waals surface area contributed by atoms with Crippen molar-refractivity contribution < 1.29 is 18.3 Å². The van der Waals surface area contributed by atoms with Crippen molar-refractivity contribution in [3.05, 3.63) is 41.8 Å². The number of carbonyl (C=O) groups is 1. The number of anilines is 1. The molecular weight excluding hydrogens is 304 g/mol. The van der Waals surface area contributed by atoms with Gasteiger partial charge in [0.25, 0.3) is 0 Å². The quantitative estimate of drug-likeness (QED) is 0.882. The Morgan fingerprint density at radius 1 is 1.45 bits per heavy atom. The number of amides is 1. The second kappa shape index (κ2) is 7.22. The molecule has 1 amide bonds. The summed E-state index contributed by atoms with van der Waals surface area (Å²) < 4.78 is 22.4. The maximum Gasteiger partial charge on any atom is 0.239 e. The summed E-state index contributed by atoms with van der Waals surface area (Å²) in [6.45, 7) is 3.40. The number of carbonyl (C=O) groups excluding carboxylic acids is 1. The second-order valence-corrected chi connectivity index (χ2v) is 6.55. The van der Waals surface area contributed by atoms with Gasteiger partial charge in [0.05, 0.1) is 24.2 Å². The van der Waals surface area contributed by atoms with Crippen molar-refractivity contribution in [2.45, 2.75) is 24.9 Å². The summed E-state index contributed by atoms with van der Waals surface area (Å²) in [5, 5.41) is 5.78. The molecule has 7 heteroatoms. The van der Waals surface area contributed by atoms with Crippen LogP contribution in [-0.4, -0.2) is 27.6 Å². The molecule has 0 unspecified atom stereocenters. The van der Waals surface area contributed by atoms with Crippen molar-refractivity contribution in [1.29, 1.82) is 0 Å². The SMILES string of the molecule is COc1ccccc1NC(=O)[C@@H](C)[S@@](=O)Cc1cc(C)no1. The molecule has 0 fully saturated rings. The molecule has 0 saturated carbocycles. The third-order valence-electron chi connectivity index (χ3n) is 3.09. The molecule has 0 saturated heterocycles. The molecule has 2 rings (SSSR count). The van der Waals surface area contributed by atoms with E-state index in [2.05, 4.69) is 10.5 Å². The molecule has 22 heavy (non-hydrogen) atoms. The highest BCUT2D eigenvalue weighted by Gasteiger charge is 2.22. The minimum Gasteiger partial charge on any atom is -0.495 e. The number of hydrogen-bond acceptors (Lipinski definition) is 5. The molecule has 0 aliphatic rings. The summed E-state index contributed by atoms with van der Waals surface area (Å²) in [6, 6.07) is 8.78. The lowest BCUT2D eigenvalue weighted by atomic mass is 10.3. The fourth-order valence-corrected chi connectivity index (χ4v) is 2.82. The average Bonchev–Trinajstić information content (AvgIpc) is 2.92.